The minimum Gasteiger partial charge on any atom is -0.373 e. The Morgan fingerprint density at radius 2 is 1.68 bits per heavy atom. The largest absolute Gasteiger partial charge is 0.373 e. The van der Waals surface area contributed by atoms with Gasteiger partial charge in [-0.2, -0.15) is 15.0 Å². The monoisotopic (exact) mass is 390 g/mol. The number of ether oxygens (including phenoxy) is 1. The van der Waals surface area contributed by atoms with Gasteiger partial charge in [0.1, 0.15) is 5.82 Å². The quantitative estimate of drug-likeness (QED) is 0.740. The van der Waals surface area contributed by atoms with Crippen LogP contribution in [0.15, 0.2) is 0 Å². The van der Waals surface area contributed by atoms with Crippen LogP contribution in [0.5, 0.6) is 0 Å². The Hall–Kier alpha value is -1.47. The van der Waals surface area contributed by atoms with Crippen LogP contribution in [0.25, 0.3) is 0 Å². The third-order valence-electron chi connectivity index (χ3n) is 5.79. The van der Waals surface area contributed by atoms with Crippen molar-refractivity contribution in [2.24, 2.45) is 5.92 Å². The van der Waals surface area contributed by atoms with Gasteiger partial charge in [0.15, 0.2) is 0 Å². The van der Waals surface area contributed by atoms with E-state index in [1.165, 1.54) is 25.8 Å². The summed E-state index contributed by atoms with van der Waals surface area (Å²) in [6.45, 7) is 14.0. The summed E-state index contributed by atoms with van der Waals surface area (Å²) in [5.41, 5.74) is 0. The van der Waals surface area contributed by atoms with Gasteiger partial charge in [-0.05, 0) is 45.6 Å². The second-order valence-corrected chi connectivity index (χ2v) is 9.08. The van der Waals surface area contributed by atoms with Crippen molar-refractivity contribution in [2.75, 3.05) is 56.6 Å². The van der Waals surface area contributed by atoms with Crippen LogP contribution in [-0.2, 0) is 4.74 Å². The van der Waals surface area contributed by atoms with Gasteiger partial charge in [-0.3, -0.25) is 4.90 Å². The van der Waals surface area contributed by atoms with E-state index in [1.807, 2.05) is 19.0 Å². The van der Waals surface area contributed by atoms with Crippen LogP contribution in [0.3, 0.4) is 0 Å². The maximum absolute atomic E-state index is 5.85. The number of piperidine rings is 1. The number of nitrogens with zero attached hydrogens (tertiary/aromatic N) is 6. The van der Waals surface area contributed by atoms with Crippen LogP contribution in [0.1, 0.15) is 58.7 Å². The Balaban J connectivity index is 1.54. The van der Waals surface area contributed by atoms with Crippen molar-refractivity contribution in [2.45, 2.75) is 65.1 Å². The topological polar surface area (TPSA) is 57.6 Å². The van der Waals surface area contributed by atoms with Crippen molar-refractivity contribution in [3.8, 4) is 0 Å². The van der Waals surface area contributed by atoms with Gasteiger partial charge in [-0.15, -0.1) is 0 Å². The summed E-state index contributed by atoms with van der Waals surface area (Å²) in [5, 5.41) is 0. The van der Waals surface area contributed by atoms with Crippen LogP contribution in [-0.4, -0.2) is 78.9 Å². The van der Waals surface area contributed by atoms with E-state index >= 15 is 0 Å². The molecule has 0 aromatic carbocycles. The van der Waals surface area contributed by atoms with E-state index in [1.54, 1.807) is 0 Å². The third-order valence-corrected chi connectivity index (χ3v) is 5.79. The van der Waals surface area contributed by atoms with Gasteiger partial charge in [-0.25, -0.2) is 0 Å². The highest BCUT2D eigenvalue weighted by molar-refractivity contribution is 5.39. The fraction of sp³-hybridized carbons (Fsp3) is 0.857. The minimum absolute atomic E-state index is 0.302. The number of hydrogen-bond donors (Lipinski definition) is 0. The molecule has 0 radical (unpaired) electrons. The molecule has 2 atom stereocenters. The van der Waals surface area contributed by atoms with Gasteiger partial charge >= 0.3 is 0 Å². The molecule has 0 bridgehead atoms. The molecular weight excluding hydrogens is 352 g/mol. The van der Waals surface area contributed by atoms with Crippen molar-refractivity contribution in [3.05, 3.63) is 5.82 Å². The van der Waals surface area contributed by atoms with E-state index in [-0.39, 0.29) is 0 Å². The highest BCUT2D eigenvalue weighted by Crippen LogP contribution is 2.26. The van der Waals surface area contributed by atoms with Crippen molar-refractivity contribution in [3.63, 3.8) is 0 Å². The average Bonchev–Trinajstić information content (AvgIpc) is 2.65. The summed E-state index contributed by atoms with van der Waals surface area (Å²) in [6, 6.07) is 0. The summed E-state index contributed by atoms with van der Waals surface area (Å²) in [4.78, 5) is 20.9. The van der Waals surface area contributed by atoms with E-state index in [0.717, 1.165) is 49.8 Å². The minimum atomic E-state index is 0.302. The summed E-state index contributed by atoms with van der Waals surface area (Å²) in [7, 11) is 3.98. The summed E-state index contributed by atoms with van der Waals surface area (Å²) < 4.78 is 5.85. The molecule has 1 aromatic heterocycles. The molecule has 0 amide bonds. The smallest absolute Gasteiger partial charge is 0.230 e. The Kier molecular flexibility index (Phi) is 7.10. The number of hydrogen-bond acceptors (Lipinski definition) is 7. The van der Waals surface area contributed by atoms with E-state index < -0.39 is 0 Å². The Morgan fingerprint density at radius 3 is 2.25 bits per heavy atom. The average molecular weight is 391 g/mol. The normalized spacial score (nSPS) is 24.8. The van der Waals surface area contributed by atoms with Gasteiger partial charge in [-0.1, -0.05) is 13.8 Å². The van der Waals surface area contributed by atoms with Crippen LogP contribution in [0.4, 0.5) is 11.9 Å². The SMILES string of the molecule is CC1CN(CCC2CCN(c3nc(C(C)C)nc(N(C)C)n3)CC2)CC(C)O1. The van der Waals surface area contributed by atoms with Crippen LogP contribution in [0, 0.1) is 5.92 Å². The highest BCUT2D eigenvalue weighted by Gasteiger charge is 2.26. The van der Waals surface area contributed by atoms with Crippen LogP contribution < -0.4 is 9.80 Å². The molecule has 0 N–H and O–H groups in total. The summed E-state index contributed by atoms with van der Waals surface area (Å²) in [6.07, 6.45) is 4.43. The molecule has 3 heterocycles. The van der Waals surface area contributed by atoms with Gasteiger partial charge in [0, 0.05) is 46.2 Å². The number of rotatable bonds is 6. The standard InChI is InChI=1S/C21H38N6O/c1-15(2)19-22-20(25(5)6)24-21(23-19)27-11-8-18(9-12-27)7-10-26-13-16(3)28-17(4)14-26/h15-18H,7-14H2,1-6H3. The lowest BCUT2D eigenvalue weighted by molar-refractivity contribution is -0.0690. The molecule has 0 spiro atoms. The second-order valence-electron chi connectivity index (χ2n) is 9.08. The zero-order chi connectivity index (χ0) is 20.3. The molecule has 2 saturated heterocycles. The Morgan fingerprint density at radius 1 is 1.04 bits per heavy atom. The van der Waals surface area contributed by atoms with Gasteiger partial charge < -0.3 is 14.5 Å². The molecule has 0 saturated carbocycles. The van der Waals surface area contributed by atoms with Crippen molar-refractivity contribution in [1.29, 1.82) is 0 Å². The first-order chi connectivity index (χ1) is 13.3. The lowest BCUT2D eigenvalue weighted by Crippen LogP contribution is -2.46. The molecule has 158 valence electrons. The molecule has 7 heteroatoms. The zero-order valence-electron chi connectivity index (χ0n) is 18.6. The summed E-state index contributed by atoms with van der Waals surface area (Å²) >= 11 is 0. The summed E-state index contributed by atoms with van der Waals surface area (Å²) in [5.74, 6) is 3.58. The predicted octanol–water partition coefficient (Wildman–Crippen LogP) is 2.78. The second kappa shape index (κ2) is 9.35. The molecule has 0 aliphatic carbocycles. The van der Waals surface area contributed by atoms with Gasteiger partial charge in [0.25, 0.3) is 0 Å². The number of aromatic nitrogens is 3. The molecule has 1 aromatic rings. The first kappa shape index (κ1) is 21.2. The Labute approximate surface area is 170 Å². The van der Waals surface area contributed by atoms with E-state index in [9.17, 15) is 0 Å². The first-order valence-corrected chi connectivity index (χ1v) is 10.9. The highest BCUT2D eigenvalue weighted by atomic mass is 16.5. The zero-order valence-corrected chi connectivity index (χ0v) is 18.6. The molecule has 2 unspecified atom stereocenters. The van der Waals surface area contributed by atoms with Crippen molar-refractivity contribution in [1.82, 2.24) is 19.9 Å². The third kappa shape index (κ3) is 5.54. The van der Waals surface area contributed by atoms with Gasteiger partial charge in [0.2, 0.25) is 11.9 Å². The molecule has 2 aliphatic heterocycles. The molecule has 3 rings (SSSR count). The maximum Gasteiger partial charge on any atom is 0.230 e. The van der Waals surface area contributed by atoms with E-state index in [0.29, 0.717) is 18.1 Å². The van der Waals surface area contributed by atoms with E-state index in [4.69, 9.17) is 14.7 Å². The predicted molar refractivity (Wildman–Crippen MR) is 114 cm³/mol. The molecule has 7 nitrogen and oxygen atoms in total. The molecule has 2 fully saturated rings. The lowest BCUT2D eigenvalue weighted by Gasteiger charge is -2.37. The van der Waals surface area contributed by atoms with Crippen LogP contribution in [0.2, 0.25) is 0 Å². The van der Waals surface area contributed by atoms with Crippen LogP contribution >= 0.6 is 0 Å². The van der Waals surface area contributed by atoms with Gasteiger partial charge in [0.05, 0.1) is 12.2 Å². The number of anilines is 2. The van der Waals surface area contributed by atoms with Crippen molar-refractivity contribution >= 4 is 11.9 Å². The Bertz CT molecular complexity index is 593. The van der Waals surface area contributed by atoms with E-state index in [2.05, 4.69) is 42.5 Å². The molecular formula is C21H38N6O. The number of morpholine rings is 1. The fourth-order valence-electron chi connectivity index (χ4n) is 4.22. The molecule has 28 heavy (non-hydrogen) atoms. The first-order valence-electron chi connectivity index (χ1n) is 10.9. The molecule has 2 aliphatic rings. The van der Waals surface area contributed by atoms with Crippen molar-refractivity contribution < 1.29 is 4.74 Å². The fourth-order valence-corrected chi connectivity index (χ4v) is 4.22. The maximum atomic E-state index is 5.85. The lowest BCUT2D eigenvalue weighted by atomic mass is 9.93.